The second-order valence-corrected chi connectivity index (χ2v) is 8.96. The number of piperazine rings is 1. The molecule has 1 aromatic heterocycles. The third-order valence-electron chi connectivity index (χ3n) is 5.03. The highest BCUT2D eigenvalue weighted by molar-refractivity contribution is 7.89. The Labute approximate surface area is 163 Å². The van der Waals surface area contributed by atoms with Crippen LogP contribution in [0.5, 0.6) is 0 Å². The monoisotopic (exact) mass is 398 g/mol. The molecule has 0 radical (unpaired) electrons. The second-order valence-electron chi connectivity index (χ2n) is 7.02. The fourth-order valence-corrected chi connectivity index (χ4v) is 4.83. The van der Waals surface area contributed by atoms with Crippen LogP contribution < -0.4 is 5.56 Å². The summed E-state index contributed by atoms with van der Waals surface area (Å²) in [5.41, 5.74) is 1.55. The smallest absolute Gasteiger partial charge is 0.258 e. The number of aromatic amines is 1. The summed E-state index contributed by atoms with van der Waals surface area (Å²) in [7, 11) is -3.48. The molecular weight excluding hydrogens is 376 g/mol. The number of aryl methyl sites for hydroxylation is 1. The van der Waals surface area contributed by atoms with Crippen molar-refractivity contribution in [3.63, 3.8) is 0 Å². The van der Waals surface area contributed by atoms with E-state index >= 15 is 0 Å². The second kappa shape index (κ2) is 7.46. The van der Waals surface area contributed by atoms with Gasteiger partial charge in [0, 0.05) is 26.2 Å². The van der Waals surface area contributed by atoms with Crippen molar-refractivity contribution in [2.45, 2.75) is 18.4 Å². The molecule has 8 heteroatoms. The van der Waals surface area contributed by atoms with Crippen LogP contribution in [0.15, 0.2) is 58.2 Å². The van der Waals surface area contributed by atoms with Gasteiger partial charge in [-0.2, -0.15) is 4.31 Å². The normalized spacial score (nSPS) is 16.5. The van der Waals surface area contributed by atoms with Gasteiger partial charge in [-0.1, -0.05) is 29.8 Å². The van der Waals surface area contributed by atoms with Gasteiger partial charge in [-0.15, -0.1) is 0 Å². The molecule has 0 saturated carbocycles. The molecule has 0 spiro atoms. The molecule has 0 bridgehead atoms. The molecule has 2 heterocycles. The number of H-pyrrole nitrogens is 1. The van der Waals surface area contributed by atoms with E-state index in [0.29, 0.717) is 54.3 Å². The van der Waals surface area contributed by atoms with Gasteiger partial charge < -0.3 is 4.98 Å². The standard InChI is InChI=1S/C20H22N4O3S/c1-15-6-8-16(9-7-15)28(26,27)24-12-10-23(11-13-24)14-19-21-18-5-3-2-4-17(18)20(25)22-19/h2-9H,10-14H2,1H3,(H,21,22,25). The van der Waals surface area contributed by atoms with Crippen LogP contribution in [-0.2, 0) is 16.6 Å². The fourth-order valence-electron chi connectivity index (χ4n) is 3.41. The number of sulfonamides is 1. The van der Waals surface area contributed by atoms with Gasteiger partial charge in [0.25, 0.3) is 5.56 Å². The van der Waals surface area contributed by atoms with Crippen LogP contribution in [0.3, 0.4) is 0 Å². The Balaban J connectivity index is 1.44. The molecule has 146 valence electrons. The van der Waals surface area contributed by atoms with Crippen molar-refractivity contribution in [3.8, 4) is 0 Å². The molecule has 0 aliphatic carbocycles. The van der Waals surface area contributed by atoms with Crippen molar-refractivity contribution < 1.29 is 8.42 Å². The van der Waals surface area contributed by atoms with E-state index in [0.717, 1.165) is 5.56 Å². The highest BCUT2D eigenvalue weighted by atomic mass is 32.2. The van der Waals surface area contributed by atoms with E-state index in [1.54, 1.807) is 18.2 Å². The van der Waals surface area contributed by atoms with E-state index in [-0.39, 0.29) is 5.56 Å². The molecule has 4 rings (SSSR count). The van der Waals surface area contributed by atoms with Crippen LogP contribution in [0.2, 0.25) is 0 Å². The molecule has 1 fully saturated rings. The first-order valence-electron chi connectivity index (χ1n) is 9.20. The summed E-state index contributed by atoms with van der Waals surface area (Å²) < 4.78 is 27.1. The predicted molar refractivity (Wildman–Crippen MR) is 108 cm³/mol. The van der Waals surface area contributed by atoms with Crippen LogP contribution in [-0.4, -0.2) is 53.8 Å². The Kier molecular flexibility index (Phi) is 5.01. The number of benzene rings is 2. The van der Waals surface area contributed by atoms with Crippen molar-refractivity contribution in [3.05, 3.63) is 70.3 Å². The first-order valence-corrected chi connectivity index (χ1v) is 10.6. The minimum atomic E-state index is -3.48. The van der Waals surface area contributed by atoms with E-state index in [2.05, 4.69) is 14.9 Å². The fraction of sp³-hybridized carbons (Fsp3) is 0.300. The molecule has 1 saturated heterocycles. The SMILES string of the molecule is Cc1ccc(S(=O)(=O)N2CCN(Cc3nc4ccccc4c(=O)[nH]3)CC2)cc1. The van der Waals surface area contributed by atoms with E-state index in [1.807, 2.05) is 37.3 Å². The van der Waals surface area contributed by atoms with E-state index in [4.69, 9.17) is 0 Å². The molecule has 1 aliphatic rings. The third kappa shape index (κ3) is 3.71. The van der Waals surface area contributed by atoms with Gasteiger partial charge in [0.15, 0.2) is 0 Å². The van der Waals surface area contributed by atoms with E-state index < -0.39 is 10.0 Å². The lowest BCUT2D eigenvalue weighted by molar-refractivity contribution is 0.178. The van der Waals surface area contributed by atoms with Gasteiger partial charge >= 0.3 is 0 Å². The topological polar surface area (TPSA) is 86.4 Å². The van der Waals surface area contributed by atoms with Gasteiger partial charge in [-0.3, -0.25) is 9.69 Å². The quantitative estimate of drug-likeness (QED) is 0.723. The number of aromatic nitrogens is 2. The van der Waals surface area contributed by atoms with Crippen LogP contribution in [0, 0.1) is 6.92 Å². The Morgan fingerprint density at radius 3 is 2.39 bits per heavy atom. The Hall–Kier alpha value is -2.55. The maximum absolute atomic E-state index is 12.8. The van der Waals surface area contributed by atoms with Crippen molar-refractivity contribution in [2.75, 3.05) is 26.2 Å². The van der Waals surface area contributed by atoms with Gasteiger partial charge in [-0.25, -0.2) is 13.4 Å². The molecule has 28 heavy (non-hydrogen) atoms. The van der Waals surface area contributed by atoms with Crippen LogP contribution in [0.25, 0.3) is 10.9 Å². The average molecular weight is 398 g/mol. The number of fused-ring (bicyclic) bond motifs is 1. The number of hydrogen-bond donors (Lipinski definition) is 1. The average Bonchev–Trinajstić information content (AvgIpc) is 2.69. The highest BCUT2D eigenvalue weighted by Gasteiger charge is 2.28. The summed E-state index contributed by atoms with van der Waals surface area (Å²) in [6.07, 6.45) is 0. The summed E-state index contributed by atoms with van der Waals surface area (Å²) >= 11 is 0. The van der Waals surface area contributed by atoms with Crippen LogP contribution >= 0.6 is 0 Å². The molecule has 0 amide bonds. The van der Waals surface area contributed by atoms with Gasteiger partial charge in [0.05, 0.1) is 22.3 Å². The lowest BCUT2D eigenvalue weighted by Gasteiger charge is -2.33. The van der Waals surface area contributed by atoms with Crippen LogP contribution in [0.4, 0.5) is 0 Å². The van der Waals surface area contributed by atoms with Crippen LogP contribution in [0.1, 0.15) is 11.4 Å². The summed E-state index contributed by atoms with van der Waals surface area (Å²) in [4.78, 5) is 22.0. The number of nitrogens with one attached hydrogen (secondary N) is 1. The maximum atomic E-state index is 12.8. The lowest BCUT2D eigenvalue weighted by atomic mass is 10.2. The Morgan fingerprint density at radius 1 is 1.00 bits per heavy atom. The zero-order valence-corrected chi connectivity index (χ0v) is 16.4. The summed E-state index contributed by atoms with van der Waals surface area (Å²) in [5.74, 6) is 0.596. The summed E-state index contributed by atoms with van der Waals surface area (Å²) in [6, 6.07) is 14.2. The molecule has 7 nitrogen and oxygen atoms in total. The van der Waals surface area contributed by atoms with E-state index in [9.17, 15) is 13.2 Å². The van der Waals surface area contributed by atoms with Crippen molar-refractivity contribution in [1.29, 1.82) is 0 Å². The minimum absolute atomic E-state index is 0.152. The maximum Gasteiger partial charge on any atom is 0.258 e. The van der Waals surface area contributed by atoms with Crippen molar-refractivity contribution >= 4 is 20.9 Å². The molecule has 3 aromatic rings. The summed E-state index contributed by atoms with van der Waals surface area (Å²) in [5, 5.41) is 0.570. The molecule has 1 aliphatic heterocycles. The Morgan fingerprint density at radius 2 is 1.68 bits per heavy atom. The van der Waals surface area contributed by atoms with Crippen molar-refractivity contribution in [2.24, 2.45) is 0 Å². The number of rotatable bonds is 4. The van der Waals surface area contributed by atoms with Gasteiger partial charge in [0.2, 0.25) is 10.0 Å². The third-order valence-corrected chi connectivity index (χ3v) is 6.94. The lowest BCUT2D eigenvalue weighted by Crippen LogP contribution is -2.48. The van der Waals surface area contributed by atoms with Gasteiger partial charge in [0.1, 0.15) is 5.82 Å². The molecular formula is C20H22N4O3S. The first kappa shape index (κ1) is 18.8. The molecule has 2 aromatic carbocycles. The number of nitrogens with zero attached hydrogens (tertiary/aromatic N) is 3. The Bertz CT molecular complexity index is 1150. The zero-order valence-electron chi connectivity index (χ0n) is 15.6. The summed E-state index contributed by atoms with van der Waals surface area (Å²) in [6.45, 7) is 4.41. The minimum Gasteiger partial charge on any atom is -0.309 e. The number of para-hydroxylation sites is 1. The predicted octanol–water partition coefficient (Wildman–Crippen LogP) is 1.74. The van der Waals surface area contributed by atoms with E-state index in [1.165, 1.54) is 4.31 Å². The number of hydrogen-bond acceptors (Lipinski definition) is 5. The zero-order chi connectivity index (χ0) is 19.7. The highest BCUT2D eigenvalue weighted by Crippen LogP contribution is 2.18. The largest absolute Gasteiger partial charge is 0.309 e. The van der Waals surface area contributed by atoms with Crippen molar-refractivity contribution in [1.82, 2.24) is 19.2 Å². The van der Waals surface area contributed by atoms with Gasteiger partial charge in [-0.05, 0) is 31.2 Å². The molecule has 0 unspecified atom stereocenters. The first-order chi connectivity index (χ1) is 13.4. The molecule has 1 N–H and O–H groups in total. The molecule has 0 atom stereocenters.